The van der Waals surface area contributed by atoms with E-state index in [4.69, 9.17) is 15.8 Å². The SMILES string of the molecule is COC(=O)CNP(Cl)Oc1ccccc1. The molecule has 1 atom stereocenters. The Hall–Kier alpha value is -0.830. The van der Waals surface area contributed by atoms with Gasteiger partial charge in [-0.15, -0.1) is 0 Å². The van der Waals surface area contributed by atoms with Crippen molar-refractivity contribution >= 4 is 24.9 Å². The Morgan fingerprint density at radius 3 is 2.73 bits per heavy atom. The molecule has 0 aliphatic rings. The number of methoxy groups -OCH3 is 1. The van der Waals surface area contributed by atoms with Crippen molar-refractivity contribution in [2.45, 2.75) is 0 Å². The summed E-state index contributed by atoms with van der Waals surface area (Å²) in [4.78, 5) is 10.8. The molecule has 0 spiro atoms. The van der Waals surface area contributed by atoms with Gasteiger partial charge in [-0.1, -0.05) is 18.2 Å². The third kappa shape index (κ3) is 4.98. The highest BCUT2D eigenvalue weighted by Crippen LogP contribution is 2.38. The van der Waals surface area contributed by atoms with Crippen LogP contribution in [0.2, 0.25) is 0 Å². The lowest BCUT2D eigenvalue weighted by atomic mass is 10.3. The van der Waals surface area contributed by atoms with Gasteiger partial charge in [0.15, 0.2) is 0 Å². The van der Waals surface area contributed by atoms with Crippen LogP contribution < -0.4 is 9.61 Å². The molecule has 0 fully saturated rings. The van der Waals surface area contributed by atoms with Crippen LogP contribution in [0.4, 0.5) is 0 Å². The molecule has 0 aromatic heterocycles. The van der Waals surface area contributed by atoms with Crippen LogP contribution >= 0.6 is 18.9 Å². The minimum absolute atomic E-state index is 0.0402. The normalized spacial score (nSPS) is 11.9. The topological polar surface area (TPSA) is 47.6 Å². The lowest BCUT2D eigenvalue weighted by Crippen LogP contribution is -2.19. The number of rotatable bonds is 5. The summed E-state index contributed by atoms with van der Waals surface area (Å²) in [7, 11) is -0.0557. The van der Waals surface area contributed by atoms with E-state index in [1.165, 1.54) is 7.11 Å². The summed E-state index contributed by atoms with van der Waals surface area (Å²) < 4.78 is 9.77. The number of esters is 1. The Morgan fingerprint density at radius 1 is 1.47 bits per heavy atom. The van der Waals surface area contributed by atoms with E-state index >= 15 is 0 Å². The third-order valence-corrected chi connectivity index (χ3v) is 2.85. The zero-order valence-corrected chi connectivity index (χ0v) is 9.79. The predicted octanol–water partition coefficient (Wildman–Crippen LogP) is 2.29. The second-order valence-electron chi connectivity index (χ2n) is 2.56. The molecule has 1 N–H and O–H groups in total. The van der Waals surface area contributed by atoms with E-state index in [9.17, 15) is 4.79 Å². The van der Waals surface area contributed by atoms with Gasteiger partial charge in [0.05, 0.1) is 7.11 Å². The van der Waals surface area contributed by atoms with Crippen LogP contribution in [-0.2, 0) is 9.53 Å². The molecule has 1 rings (SSSR count). The number of carbonyl (C=O) groups excluding carboxylic acids is 1. The molecule has 1 aromatic carbocycles. The van der Waals surface area contributed by atoms with Gasteiger partial charge >= 0.3 is 5.97 Å². The number of hydrogen-bond acceptors (Lipinski definition) is 4. The van der Waals surface area contributed by atoms with Gasteiger partial charge in [-0.25, -0.2) is 5.09 Å². The summed E-state index contributed by atoms with van der Waals surface area (Å²) in [5, 5.41) is 2.72. The van der Waals surface area contributed by atoms with Crippen LogP contribution in [0.1, 0.15) is 0 Å². The lowest BCUT2D eigenvalue weighted by molar-refractivity contribution is -0.139. The Morgan fingerprint density at radius 2 is 2.13 bits per heavy atom. The van der Waals surface area contributed by atoms with Gasteiger partial charge in [0.2, 0.25) is 0 Å². The van der Waals surface area contributed by atoms with Gasteiger partial charge in [-0.2, -0.15) is 0 Å². The largest absolute Gasteiger partial charge is 0.468 e. The summed E-state index contributed by atoms with van der Waals surface area (Å²) in [6.07, 6.45) is 0. The maximum absolute atomic E-state index is 10.8. The standard InChI is InChI=1S/C9H11ClNO3P/c1-13-9(12)7-11-15(10)14-8-5-3-2-4-6-8/h2-6,11H,7H2,1H3. The van der Waals surface area contributed by atoms with Crippen LogP contribution in [0.3, 0.4) is 0 Å². The van der Waals surface area contributed by atoms with Crippen molar-refractivity contribution in [3.05, 3.63) is 30.3 Å². The summed E-state index contributed by atoms with van der Waals surface area (Å²) in [6.45, 7) is 0.0402. The van der Waals surface area contributed by atoms with E-state index in [0.717, 1.165) is 0 Å². The average Bonchev–Trinajstić information content (AvgIpc) is 2.27. The lowest BCUT2D eigenvalue weighted by Gasteiger charge is -2.11. The fraction of sp³-hybridized carbons (Fsp3) is 0.222. The zero-order valence-electron chi connectivity index (χ0n) is 8.14. The Kier molecular flexibility index (Phi) is 5.40. The van der Waals surface area contributed by atoms with E-state index in [1.54, 1.807) is 12.1 Å². The van der Waals surface area contributed by atoms with Crippen LogP contribution in [-0.4, -0.2) is 19.6 Å². The molecular weight excluding hydrogens is 237 g/mol. The molecule has 6 heteroatoms. The molecule has 0 heterocycles. The quantitative estimate of drug-likeness (QED) is 0.641. The fourth-order valence-corrected chi connectivity index (χ4v) is 1.85. The molecule has 0 aliphatic carbocycles. The van der Waals surface area contributed by atoms with Crippen molar-refractivity contribution < 1.29 is 14.1 Å². The second kappa shape index (κ2) is 6.62. The molecule has 4 nitrogen and oxygen atoms in total. The minimum atomic E-state index is -1.37. The predicted molar refractivity (Wildman–Crippen MR) is 59.9 cm³/mol. The molecule has 0 radical (unpaired) electrons. The zero-order chi connectivity index (χ0) is 11.1. The maximum atomic E-state index is 10.8. The highest BCUT2D eigenvalue weighted by Gasteiger charge is 2.09. The smallest absolute Gasteiger partial charge is 0.320 e. The first-order chi connectivity index (χ1) is 7.22. The third-order valence-electron chi connectivity index (χ3n) is 1.50. The first-order valence-corrected chi connectivity index (χ1v) is 6.38. The molecule has 15 heavy (non-hydrogen) atoms. The fourth-order valence-electron chi connectivity index (χ4n) is 0.805. The van der Waals surface area contributed by atoms with Gasteiger partial charge in [-0.05, 0) is 23.4 Å². The van der Waals surface area contributed by atoms with E-state index in [0.29, 0.717) is 5.75 Å². The first-order valence-electron chi connectivity index (χ1n) is 4.21. The molecule has 0 bridgehead atoms. The van der Waals surface area contributed by atoms with Crippen molar-refractivity contribution in [3.63, 3.8) is 0 Å². The van der Waals surface area contributed by atoms with Crippen molar-refractivity contribution in [3.8, 4) is 5.75 Å². The van der Waals surface area contributed by atoms with Crippen LogP contribution in [0, 0.1) is 0 Å². The molecule has 1 unspecified atom stereocenters. The summed E-state index contributed by atoms with van der Waals surface area (Å²) in [5.74, 6) is 0.288. The molecule has 1 aromatic rings. The number of para-hydroxylation sites is 1. The van der Waals surface area contributed by atoms with E-state index in [1.807, 2.05) is 18.2 Å². The van der Waals surface area contributed by atoms with Crippen LogP contribution in [0.5, 0.6) is 5.75 Å². The maximum Gasteiger partial charge on any atom is 0.320 e. The molecule has 0 saturated heterocycles. The summed E-state index contributed by atoms with van der Waals surface area (Å²) >= 11 is 5.84. The second-order valence-corrected chi connectivity index (χ2v) is 4.47. The Balaban J connectivity index is 2.30. The summed E-state index contributed by atoms with van der Waals surface area (Å²) in [6, 6.07) is 9.14. The Bertz CT molecular complexity index is 309. The van der Waals surface area contributed by atoms with Gasteiger partial charge < -0.3 is 9.26 Å². The van der Waals surface area contributed by atoms with Gasteiger partial charge in [0.25, 0.3) is 7.65 Å². The molecule has 0 amide bonds. The molecule has 0 saturated carbocycles. The van der Waals surface area contributed by atoms with Crippen LogP contribution in [0.25, 0.3) is 0 Å². The monoisotopic (exact) mass is 247 g/mol. The Labute approximate surface area is 94.2 Å². The molecule has 82 valence electrons. The van der Waals surface area contributed by atoms with Crippen molar-refractivity contribution in [2.24, 2.45) is 0 Å². The van der Waals surface area contributed by atoms with Crippen molar-refractivity contribution in [2.75, 3.05) is 13.7 Å². The first kappa shape index (κ1) is 12.2. The number of benzene rings is 1. The van der Waals surface area contributed by atoms with Crippen LogP contribution in [0.15, 0.2) is 30.3 Å². The van der Waals surface area contributed by atoms with E-state index < -0.39 is 7.65 Å². The molecular formula is C9H11ClNO3P. The van der Waals surface area contributed by atoms with Crippen molar-refractivity contribution in [1.29, 1.82) is 0 Å². The van der Waals surface area contributed by atoms with E-state index in [2.05, 4.69) is 9.82 Å². The van der Waals surface area contributed by atoms with Gasteiger partial charge in [0, 0.05) is 0 Å². The summed E-state index contributed by atoms with van der Waals surface area (Å²) in [5.41, 5.74) is 0. The average molecular weight is 248 g/mol. The highest BCUT2D eigenvalue weighted by molar-refractivity contribution is 7.78. The minimum Gasteiger partial charge on any atom is -0.468 e. The number of halogens is 1. The number of carbonyl (C=O) groups is 1. The number of hydrogen-bond donors (Lipinski definition) is 1. The number of nitrogens with one attached hydrogen (secondary N) is 1. The highest BCUT2D eigenvalue weighted by atomic mass is 35.7. The molecule has 0 aliphatic heterocycles. The van der Waals surface area contributed by atoms with Crippen molar-refractivity contribution in [1.82, 2.24) is 5.09 Å². The van der Waals surface area contributed by atoms with Gasteiger partial charge in [0.1, 0.15) is 12.3 Å². The number of ether oxygens (including phenoxy) is 1. The van der Waals surface area contributed by atoms with E-state index in [-0.39, 0.29) is 12.5 Å². The van der Waals surface area contributed by atoms with Gasteiger partial charge in [-0.3, -0.25) is 4.79 Å².